The Bertz CT molecular complexity index is 2230. The molecule has 19 heteroatoms. The van der Waals surface area contributed by atoms with Crippen molar-refractivity contribution >= 4 is 39.5 Å². The molecular weight excluding hydrogens is 1310 g/mol. The van der Waals surface area contributed by atoms with Crippen LogP contribution in [0.25, 0.3) is 0 Å². The zero-order chi connectivity index (χ0) is 73.2. The Hall–Kier alpha value is -3.76. The number of aliphatic hydroxyl groups is 1. The van der Waals surface area contributed by atoms with Crippen LogP contribution < -0.4 is 0 Å². The van der Waals surface area contributed by atoms with Crippen LogP contribution in [0.5, 0.6) is 0 Å². The van der Waals surface area contributed by atoms with Crippen LogP contribution in [-0.2, 0) is 65.4 Å². The first-order valence-electron chi connectivity index (χ1n) is 39.8. The molecule has 0 amide bonds. The zero-order valence-electron chi connectivity index (χ0n) is 63.4. The lowest BCUT2D eigenvalue weighted by Gasteiger charge is -2.21. The van der Waals surface area contributed by atoms with E-state index in [-0.39, 0.29) is 25.7 Å². The van der Waals surface area contributed by atoms with E-state index in [1.807, 2.05) is 0 Å². The number of ether oxygens (including phenoxy) is 4. The third-order valence-electron chi connectivity index (χ3n) is 16.8. The zero-order valence-corrected chi connectivity index (χ0v) is 65.2. The maximum absolute atomic E-state index is 13.1. The van der Waals surface area contributed by atoms with Crippen LogP contribution in [0.1, 0.15) is 349 Å². The molecule has 0 aromatic carbocycles. The summed E-state index contributed by atoms with van der Waals surface area (Å²) in [6, 6.07) is 0. The lowest BCUT2D eigenvalue weighted by molar-refractivity contribution is -0.161. The highest BCUT2D eigenvalue weighted by Crippen LogP contribution is 2.45. The van der Waals surface area contributed by atoms with Gasteiger partial charge < -0.3 is 33.8 Å². The van der Waals surface area contributed by atoms with E-state index in [0.717, 1.165) is 173 Å². The molecule has 17 nitrogen and oxygen atoms in total. The monoisotopic (exact) mass is 1450 g/mol. The second-order valence-electron chi connectivity index (χ2n) is 26.6. The van der Waals surface area contributed by atoms with Crippen LogP contribution in [0.4, 0.5) is 0 Å². The highest BCUT2D eigenvalue weighted by atomic mass is 31.2. The number of rotatable bonds is 75. The molecule has 0 saturated carbocycles. The maximum Gasteiger partial charge on any atom is 0.472 e. The molecule has 0 aliphatic rings. The number of phosphoric acid groups is 2. The van der Waals surface area contributed by atoms with Gasteiger partial charge in [0.1, 0.15) is 19.3 Å². The van der Waals surface area contributed by atoms with Crippen molar-refractivity contribution in [1.82, 2.24) is 0 Å². The molecule has 0 bridgehead atoms. The van der Waals surface area contributed by atoms with Gasteiger partial charge in [0, 0.05) is 25.7 Å². The van der Waals surface area contributed by atoms with E-state index in [1.54, 1.807) is 0 Å². The first-order valence-corrected chi connectivity index (χ1v) is 42.8. The first-order chi connectivity index (χ1) is 48.7. The van der Waals surface area contributed by atoms with Gasteiger partial charge in [-0.1, -0.05) is 260 Å². The summed E-state index contributed by atoms with van der Waals surface area (Å²) in [5, 5.41) is 10.6. The fraction of sp³-hybridized carbons (Fsp3) is 0.778. The van der Waals surface area contributed by atoms with Crippen molar-refractivity contribution < 1.29 is 80.2 Å². The van der Waals surface area contributed by atoms with E-state index in [0.29, 0.717) is 25.7 Å². The average Bonchev–Trinajstić information content (AvgIpc) is 1.01. The Labute approximate surface area is 608 Å². The van der Waals surface area contributed by atoms with E-state index in [4.69, 9.17) is 37.0 Å². The van der Waals surface area contributed by atoms with Crippen LogP contribution in [0, 0.1) is 0 Å². The predicted molar refractivity (Wildman–Crippen MR) is 409 cm³/mol. The van der Waals surface area contributed by atoms with Crippen molar-refractivity contribution in [3.8, 4) is 0 Å². The molecule has 0 radical (unpaired) electrons. The number of esters is 4. The lowest BCUT2D eigenvalue weighted by Crippen LogP contribution is -2.30. The summed E-state index contributed by atoms with van der Waals surface area (Å²) >= 11 is 0. The molecule has 100 heavy (non-hydrogen) atoms. The van der Waals surface area contributed by atoms with Crippen molar-refractivity contribution in [3.63, 3.8) is 0 Å². The topological polar surface area (TPSA) is 237 Å². The summed E-state index contributed by atoms with van der Waals surface area (Å²) in [4.78, 5) is 73.0. The summed E-state index contributed by atoms with van der Waals surface area (Å²) in [6.07, 6.45) is 75.5. The minimum absolute atomic E-state index is 0.0767. The number of hydrogen-bond acceptors (Lipinski definition) is 15. The molecule has 2 unspecified atom stereocenters. The van der Waals surface area contributed by atoms with Gasteiger partial charge in [0.25, 0.3) is 0 Å². The fourth-order valence-electron chi connectivity index (χ4n) is 10.7. The minimum atomic E-state index is -4.98. The minimum Gasteiger partial charge on any atom is -0.462 e. The number of carbonyl (C=O) groups is 4. The first kappa shape index (κ1) is 96.2. The molecule has 0 saturated heterocycles. The van der Waals surface area contributed by atoms with Gasteiger partial charge in [-0.25, -0.2) is 9.13 Å². The molecule has 3 N–H and O–H groups in total. The largest absolute Gasteiger partial charge is 0.472 e. The molecule has 580 valence electrons. The summed E-state index contributed by atoms with van der Waals surface area (Å²) in [5.74, 6) is -2.21. The Morgan fingerprint density at radius 1 is 0.280 bits per heavy atom. The predicted octanol–water partition coefficient (Wildman–Crippen LogP) is 23.0. The number of unbranched alkanes of at least 4 members (excludes halogenated alkanes) is 35. The van der Waals surface area contributed by atoms with Crippen molar-refractivity contribution in [2.24, 2.45) is 0 Å². The van der Waals surface area contributed by atoms with Crippen molar-refractivity contribution in [1.29, 1.82) is 0 Å². The second kappa shape index (κ2) is 73.5. The van der Waals surface area contributed by atoms with Gasteiger partial charge >= 0.3 is 39.5 Å². The van der Waals surface area contributed by atoms with Crippen LogP contribution in [0.15, 0.2) is 85.1 Å². The van der Waals surface area contributed by atoms with Crippen molar-refractivity contribution in [3.05, 3.63) is 85.1 Å². The number of hydrogen-bond donors (Lipinski definition) is 3. The number of carbonyl (C=O) groups excluding carboxylic acids is 4. The Balaban J connectivity index is 5.38. The van der Waals surface area contributed by atoms with Gasteiger partial charge in [0.2, 0.25) is 0 Å². The Morgan fingerprint density at radius 2 is 0.490 bits per heavy atom. The lowest BCUT2D eigenvalue weighted by atomic mass is 10.1. The van der Waals surface area contributed by atoms with Crippen LogP contribution in [0.3, 0.4) is 0 Å². The summed E-state index contributed by atoms with van der Waals surface area (Å²) in [5.41, 5.74) is 0. The van der Waals surface area contributed by atoms with Crippen molar-refractivity contribution in [2.45, 2.75) is 367 Å². The fourth-order valence-corrected chi connectivity index (χ4v) is 12.2. The van der Waals surface area contributed by atoms with Crippen LogP contribution in [0.2, 0.25) is 0 Å². The molecule has 0 heterocycles. The molecule has 5 atom stereocenters. The molecule has 0 aromatic rings. The summed E-state index contributed by atoms with van der Waals surface area (Å²) in [7, 11) is -9.96. The van der Waals surface area contributed by atoms with E-state index in [1.165, 1.54) is 96.3 Å². The number of phosphoric ester groups is 2. The molecule has 0 spiro atoms. The summed E-state index contributed by atoms with van der Waals surface area (Å²) in [6.45, 7) is 4.78. The summed E-state index contributed by atoms with van der Waals surface area (Å²) < 4.78 is 68.6. The van der Waals surface area contributed by atoms with Gasteiger partial charge in [-0.3, -0.25) is 37.3 Å². The Morgan fingerprint density at radius 3 is 0.770 bits per heavy atom. The Kier molecular flexibility index (Phi) is 70.8. The van der Waals surface area contributed by atoms with Crippen LogP contribution >= 0.6 is 15.6 Å². The molecule has 0 aliphatic carbocycles. The van der Waals surface area contributed by atoms with E-state index < -0.39 is 97.5 Å². The third-order valence-corrected chi connectivity index (χ3v) is 18.7. The maximum atomic E-state index is 13.1. The van der Waals surface area contributed by atoms with Gasteiger partial charge in [0.15, 0.2) is 12.2 Å². The van der Waals surface area contributed by atoms with E-state index >= 15 is 0 Å². The number of aliphatic hydroxyl groups excluding tert-OH is 1. The second-order valence-corrected chi connectivity index (χ2v) is 29.5. The highest BCUT2D eigenvalue weighted by molar-refractivity contribution is 7.47. The highest BCUT2D eigenvalue weighted by Gasteiger charge is 2.30. The van der Waals surface area contributed by atoms with Gasteiger partial charge in [-0.15, -0.1) is 0 Å². The standard InChI is InChI=1S/C81H144O17P2/c1-5-9-13-17-21-25-29-33-37-41-45-49-53-57-61-65-78(83)91-71-76(97-80(85)67-63-59-55-51-47-43-39-35-31-27-23-19-15-11-7-3)73-95-99(87,88)93-69-75(82)70-94-100(89,90)96-74-77(98-81(86)68-64-60-56-52-48-44-40-36-32-28-24-20-16-12-8-4)72-92-79(84)66-62-58-54-50-46-42-38-34-30-26-22-18-14-10-6-2/h21,23-25,27-28,33-40,75-77,82H,5-20,22,26,29-32,41-74H2,1-4H3,(H,87,88)(H,89,90)/b25-21+,27-23+,28-24+,37-33+,38-34+,39-35+,40-36+/t75-,76+,77+/m0/s1. The molecule has 0 aliphatic heterocycles. The third kappa shape index (κ3) is 72.6. The van der Waals surface area contributed by atoms with Crippen molar-refractivity contribution in [2.75, 3.05) is 39.6 Å². The smallest absolute Gasteiger partial charge is 0.462 e. The molecular formula is C81H144O17P2. The molecule has 0 rings (SSSR count). The SMILES string of the molecule is CCCCC/C=C/C/C=C/CCCCCCCC(=O)OC[C@H](COP(=O)(O)OC[C@H](O)COP(=O)(O)OC[C@@H](COC(=O)CCCCCCC/C=C/CCCCCCCC)OC(=O)CCCCCCC/C=C/C/C=C/CCCCC)OC(=O)CCCCCCC/C=C/C/C=C/CCCCC. The van der Waals surface area contributed by atoms with Gasteiger partial charge in [0.05, 0.1) is 26.4 Å². The molecule has 0 aromatic heterocycles. The van der Waals surface area contributed by atoms with Gasteiger partial charge in [-0.2, -0.15) is 0 Å². The number of allylic oxidation sites excluding steroid dienone is 14. The van der Waals surface area contributed by atoms with Crippen LogP contribution in [-0.4, -0.2) is 96.7 Å². The normalized spacial score (nSPS) is 14.3. The average molecular weight is 1450 g/mol. The van der Waals surface area contributed by atoms with E-state index in [9.17, 15) is 43.2 Å². The molecule has 0 fully saturated rings. The van der Waals surface area contributed by atoms with Gasteiger partial charge in [-0.05, 0) is 148 Å². The van der Waals surface area contributed by atoms with E-state index in [2.05, 4.69) is 113 Å². The quantitative estimate of drug-likeness (QED) is 0.0169.